The smallest absolute Gasteiger partial charge is 0.309 e. The Bertz CT molecular complexity index is 256. The Morgan fingerprint density at radius 3 is 2.32 bits per heavy atom. The number of alkyl halides is 1. The molecule has 112 valence electrons. The van der Waals surface area contributed by atoms with Crippen LogP contribution in [0.2, 0.25) is 0 Å². The lowest BCUT2D eigenvalue weighted by Gasteiger charge is -2.14. The first kappa shape index (κ1) is 18.2. The van der Waals surface area contributed by atoms with Gasteiger partial charge in [-0.15, -0.1) is 11.6 Å². The fraction of sp³-hybridized carbons (Fsp3) is 0.857. The van der Waals surface area contributed by atoms with Crippen molar-refractivity contribution in [1.29, 1.82) is 0 Å². The summed E-state index contributed by atoms with van der Waals surface area (Å²) in [6.45, 7) is 4.51. The van der Waals surface area contributed by atoms with Gasteiger partial charge in [0.1, 0.15) is 6.10 Å². The van der Waals surface area contributed by atoms with Crippen LogP contribution in [0.25, 0.3) is 0 Å². The predicted octanol–water partition coefficient (Wildman–Crippen LogP) is 3.45. The molecule has 0 saturated heterocycles. The van der Waals surface area contributed by atoms with Crippen LogP contribution in [0.15, 0.2) is 0 Å². The molecule has 0 aliphatic carbocycles. The van der Waals surface area contributed by atoms with Gasteiger partial charge in [0.25, 0.3) is 0 Å². The molecule has 5 heteroatoms. The monoisotopic (exact) mass is 292 g/mol. The normalized spacial score (nSPS) is 11.9. The van der Waals surface area contributed by atoms with Crippen molar-refractivity contribution >= 4 is 23.5 Å². The van der Waals surface area contributed by atoms with Crippen molar-refractivity contribution < 1.29 is 19.1 Å². The van der Waals surface area contributed by atoms with E-state index in [1.54, 1.807) is 0 Å². The SMILES string of the molecule is CCCCCOC(=O)CC(CCl)OC(=O)CCCC. The third kappa shape index (κ3) is 10.8. The van der Waals surface area contributed by atoms with Crippen LogP contribution in [-0.2, 0) is 19.1 Å². The standard InChI is InChI=1S/C14H25ClO4/c1-3-5-7-9-18-14(17)10-12(11-15)19-13(16)8-6-4-2/h12H,3-11H2,1-2H3. The van der Waals surface area contributed by atoms with Gasteiger partial charge in [-0.25, -0.2) is 0 Å². The summed E-state index contributed by atoms with van der Waals surface area (Å²) in [5.74, 6) is -0.543. The molecule has 0 rings (SSSR count). The van der Waals surface area contributed by atoms with E-state index in [0.717, 1.165) is 32.1 Å². The molecule has 1 unspecified atom stereocenters. The molecule has 0 radical (unpaired) electrons. The molecular weight excluding hydrogens is 268 g/mol. The Morgan fingerprint density at radius 2 is 1.74 bits per heavy atom. The largest absolute Gasteiger partial charge is 0.466 e. The molecule has 4 nitrogen and oxygen atoms in total. The minimum Gasteiger partial charge on any atom is -0.466 e. The van der Waals surface area contributed by atoms with Crippen LogP contribution in [-0.4, -0.2) is 30.5 Å². The number of hydrogen-bond donors (Lipinski definition) is 0. The lowest BCUT2D eigenvalue weighted by molar-refractivity contribution is -0.154. The molecule has 0 heterocycles. The second-order valence-corrected chi connectivity index (χ2v) is 4.81. The molecule has 0 aliphatic rings. The lowest BCUT2D eigenvalue weighted by atomic mass is 10.2. The van der Waals surface area contributed by atoms with Crippen LogP contribution >= 0.6 is 11.6 Å². The number of ether oxygens (including phenoxy) is 2. The van der Waals surface area contributed by atoms with Crippen molar-refractivity contribution in [3.05, 3.63) is 0 Å². The van der Waals surface area contributed by atoms with E-state index >= 15 is 0 Å². The summed E-state index contributed by atoms with van der Waals surface area (Å²) in [5.41, 5.74) is 0. The quantitative estimate of drug-likeness (QED) is 0.332. The summed E-state index contributed by atoms with van der Waals surface area (Å²) in [7, 11) is 0. The van der Waals surface area contributed by atoms with Crippen LogP contribution in [0, 0.1) is 0 Å². The Morgan fingerprint density at radius 1 is 1.05 bits per heavy atom. The molecule has 0 amide bonds. The van der Waals surface area contributed by atoms with Gasteiger partial charge in [-0.1, -0.05) is 33.1 Å². The lowest BCUT2D eigenvalue weighted by Crippen LogP contribution is -2.24. The molecule has 0 bridgehead atoms. The van der Waals surface area contributed by atoms with E-state index in [-0.39, 0.29) is 24.2 Å². The van der Waals surface area contributed by atoms with Gasteiger partial charge in [0.05, 0.1) is 18.9 Å². The average molecular weight is 293 g/mol. The van der Waals surface area contributed by atoms with E-state index in [4.69, 9.17) is 21.1 Å². The zero-order valence-corrected chi connectivity index (χ0v) is 12.7. The van der Waals surface area contributed by atoms with Crippen molar-refractivity contribution in [3.63, 3.8) is 0 Å². The van der Waals surface area contributed by atoms with E-state index in [0.29, 0.717) is 13.0 Å². The minimum absolute atomic E-state index is 0.0352. The molecule has 0 aromatic heterocycles. The van der Waals surface area contributed by atoms with E-state index < -0.39 is 6.10 Å². The number of halogens is 1. The second kappa shape index (κ2) is 12.3. The second-order valence-electron chi connectivity index (χ2n) is 4.50. The first-order valence-corrected chi connectivity index (χ1v) is 7.58. The Balaban J connectivity index is 3.84. The molecule has 19 heavy (non-hydrogen) atoms. The Labute approximate surface area is 120 Å². The summed E-state index contributed by atoms with van der Waals surface area (Å²) in [4.78, 5) is 22.9. The highest BCUT2D eigenvalue weighted by Gasteiger charge is 2.18. The topological polar surface area (TPSA) is 52.6 Å². The molecule has 0 fully saturated rings. The van der Waals surface area contributed by atoms with Crippen molar-refractivity contribution in [2.75, 3.05) is 12.5 Å². The number of rotatable bonds is 11. The van der Waals surface area contributed by atoms with Crippen LogP contribution in [0.4, 0.5) is 0 Å². The molecule has 1 atom stereocenters. The van der Waals surface area contributed by atoms with E-state index in [9.17, 15) is 9.59 Å². The van der Waals surface area contributed by atoms with Crippen LogP contribution in [0.3, 0.4) is 0 Å². The highest BCUT2D eigenvalue weighted by molar-refractivity contribution is 6.18. The van der Waals surface area contributed by atoms with E-state index in [1.165, 1.54) is 0 Å². The van der Waals surface area contributed by atoms with Gasteiger partial charge >= 0.3 is 11.9 Å². The summed E-state index contributed by atoms with van der Waals surface area (Å²) in [6, 6.07) is 0. The highest BCUT2D eigenvalue weighted by Crippen LogP contribution is 2.07. The highest BCUT2D eigenvalue weighted by atomic mass is 35.5. The molecule has 0 aromatic rings. The van der Waals surface area contributed by atoms with Gasteiger partial charge in [-0.3, -0.25) is 9.59 Å². The van der Waals surface area contributed by atoms with Crippen LogP contribution in [0.5, 0.6) is 0 Å². The summed E-state index contributed by atoms with van der Waals surface area (Å²) < 4.78 is 10.2. The molecule has 0 N–H and O–H groups in total. The Kier molecular flexibility index (Phi) is 11.8. The summed E-state index contributed by atoms with van der Waals surface area (Å²) in [5, 5.41) is 0. The summed E-state index contributed by atoms with van der Waals surface area (Å²) >= 11 is 5.69. The van der Waals surface area contributed by atoms with Crippen molar-refractivity contribution in [2.45, 2.75) is 64.9 Å². The minimum atomic E-state index is -0.579. The fourth-order valence-corrected chi connectivity index (χ4v) is 1.65. The molecular formula is C14H25ClO4. The van der Waals surface area contributed by atoms with E-state index in [2.05, 4.69) is 6.92 Å². The Hall–Kier alpha value is -0.770. The maximum atomic E-state index is 11.5. The van der Waals surface area contributed by atoms with Gasteiger partial charge in [-0.05, 0) is 12.8 Å². The molecule has 0 saturated carbocycles. The first-order valence-electron chi connectivity index (χ1n) is 7.05. The third-order valence-electron chi connectivity index (χ3n) is 2.61. The van der Waals surface area contributed by atoms with Gasteiger partial charge in [0.15, 0.2) is 0 Å². The third-order valence-corrected chi connectivity index (χ3v) is 2.95. The van der Waals surface area contributed by atoms with Gasteiger partial charge in [-0.2, -0.15) is 0 Å². The van der Waals surface area contributed by atoms with Crippen LogP contribution < -0.4 is 0 Å². The van der Waals surface area contributed by atoms with Gasteiger partial charge in [0, 0.05) is 6.42 Å². The maximum Gasteiger partial charge on any atom is 0.309 e. The van der Waals surface area contributed by atoms with E-state index in [1.807, 2.05) is 6.92 Å². The zero-order valence-electron chi connectivity index (χ0n) is 12.0. The fourth-order valence-electron chi connectivity index (χ4n) is 1.48. The average Bonchev–Trinajstić information content (AvgIpc) is 2.40. The predicted molar refractivity (Wildman–Crippen MR) is 75.2 cm³/mol. The van der Waals surface area contributed by atoms with Crippen LogP contribution in [0.1, 0.15) is 58.8 Å². The number of carbonyl (C=O) groups is 2. The molecule has 0 aromatic carbocycles. The first-order chi connectivity index (χ1) is 9.13. The molecule has 0 spiro atoms. The van der Waals surface area contributed by atoms with Crippen molar-refractivity contribution in [1.82, 2.24) is 0 Å². The molecule has 0 aliphatic heterocycles. The number of unbranched alkanes of at least 4 members (excludes halogenated alkanes) is 3. The van der Waals surface area contributed by atoms with Gasteiger partial charge < -0.3 is 9.47 Å². The van der Waals surface area contributed by atoms with Crippen molar-refractivity contribution in [2.24, 2.45) is 0 Å². The van der Waals surface area contributed by atoms with Crippen molar-refractivity contribution in [3.8, 4) is 0 Å². The maximum absolute atomic E-state index is 11.5. The number of carbonyl (C=O) groups excluding carboxylic acids is 2. The number of esters is 2. The summed E-state index contributed by atoms with van der Waals surface area (Å²) in [6.07, 6.45) is 4.53. The van der Waals surface area contributed by atoms with Gasteiger partial charge in [0.2, 0.25) is 0 Å². The zero-order chi connectivity index (χ0) is 14.5. The number of hydrogen-bond acceptors (Lipinski definition) is 4.